The molecule has 0 spiro atoms. The number of methoxy groups -OCH3 is 1. The Kier molecular flexibility index (Phi) is 6.34. The van der Waals surface area contributed by atoms with Gasteiger partial charge in [-0.15, -0.1) is 0 Å². The summed E-state index contributed by atoms with van der Waals surface area (Å²) >= 11 is 0. The Hall–Kier alpha value is -3.88. The fraction of sp³-hybridized carbons (Fsp3) is 0.304. The van der Waals surface area contributed by atoms with E-state index in [4.69, 9.17) is 4.74 Å². The molecule has 0 bridgehead atoms. The van der Waals surface area contributed by atoms with Crippen LogP contribution in [0.2, 0.25) is 0 Å². The smallest absolute Gasteiger partial charge is 0.337 e. The number of esters is 1. The van der Waals surface area contributed by atoms with Gasteiger partial charge in [-0.2, -0.15) is 5.10 Å². The van der Waals surface area contributed by atoms with Crippen molar-refractivity contribution in [1.82, 2.24) is 20.5 Å². The normalized spacial score (nSPS) is 14.1. The number of carbonyl (C=O) groups is 2. The maximum atomic E-state index is 13.1. The molecule has 1 aliphatic rings. The average Bonchev–Trinajstić information content (AvgIpc) is 3.49. The van der Waals surface area contributed by atoms with Gasteiger partial charge in [0.1, 0.15) is 11.9 Å². The SMILES string of the molecule is COC(=O)c1ccc(N2CCCC2)c(NC(=O)NC(c2ccccc2)c2n[nH]c(C)n2)c1. The molecule has 2 aromatic carbocycles. The lowest BCUT2D eigenvalue weighted by Crippen LogP contribution is -2.34. The van der Waals surface area contributed by atoms with Gasteiger partial charge < -0.3 is 20.3 Å². The number of H-pyrrole nitrogens is 1. The van der Waals surface area contributed by atoms with Crippen LogP contribution in [-0.4, -0.2) is 47.4 Å². The summed E-state index contributed by atoms with van der Waals surface area (Å²) in [7, 11) is 1.33. The minimum absolute atomic E-state index is 0.370. The second kappa shape index (κ2) is 9.51. The molecule has 9 heteroatoms. The molecular weight excluding hydrogens is 408 g/mol. The second-order valence-corrected chi connectivity index (χ2v) is 7.64. The molecule has 1 atom stereocenters. The van der Waals surface area contributed by atoms with Crippen LogP contribution in [0.4, 0.5) is 16.2 Å². The molecule has 3 aromatic rings. The summed E-state index contributed by atoms with van der Waals surface area (Å²) in [6.07, 6.45) is 2.18. The molecule has 1 aliphatic heterocycles. The van der Waals surface area contributed by atoms with Crippen molar-refractivity contribution >= 4 is 23.4 Å². The number of hydrogen-bond acceptors (Lipinski definition) is 6. The number of carbonyl (C=O) groups excluding carboxylic acids is 2. The van der Waals surface area contributed by atoms with Crippen molar-refractivity contribution in [1.29, 1.82) is 0 Å². The number of rotatable bonds is 6. The quantitative estimate of drug-likeness (QED) is 0.513. The third-order valence-corrected chi connectivity index (χ3v) is 5.39. The first-order valence-corrected chi connectivity index (χ1v) is 10.5. The highest BCUT2D eigenvalue weighted by molar-refractivity contribution is 5.97. The Morgan fingerprint density at radius 2 is 1.88 bits per heavy atom. The molecule has 9 nitrogen and oxygen atoms in total. The van der Waals surface area contributed by atoms with Crippen molar-refractivity contribution in [2.75, 3.05) is 30.4 Å². The van der Waals surface area contributed by atoms with Crippen molar-refractivity contribution in [2.24, 2.45) is 0 Å². The summed E-state index contributed by atoms with van der Waals surface area (Å²) in [5, 5.41) is 12.9. The van der Waals surface area contributed by atoms with E-state index in [2.05, 4.69) is 30.7 Å². The molecule has 32 heavy (non-hydrogen) atoms. The maximum absolute atomic E-state index is 13.1. The van der Waals surface area contributed by atoms with Crippen LogP contribution in [0.15, 0.2) is 48.5 Å². The first-order valence-electron chi connectivity index (χ1n) is 10.5. The molecule has 4 rings (SSSR count). The second-order valence-electron chi connectivity index (χ2n) is 7.64. The third-order valence-electron chi connectivity index (χ3n) is 5.39. The minimum Gasteiger partial charge on any atom is -0.465 e. The zero-order valence-corrected chi connectivity index (χ0v) is 18.1. The predicted octanol–water partition coefficient (Wildman–Crippen LogP) is 3.41. The van der Waals surface area contributed by atoms with Crippen molar-refractivity contribution in [3.05, 3.63) is 71.3 Å². The van der Waals surface area contributed by atoms with Crippen LogP contribution in [0.25, 0.3) is 0 Å². The largest absolute Gasteiger partial charge is 0.465 e. The lowest BCUT2D eigenvalue weighted by atomic mass is 10.1. The molecule has 0 radical (unpaired) electrons. The highest BCUT2D eigenvalue weighted by Gasteiger charge is 2.23. The van der Waals surface area contributed by atoms with Crippen LogP contribution in [-0.2, 0) is 4.74 Å². The Balaban J connectivity index is 1.60. The van der Waals surface area contributed by atoms with Crippen molar-refractivity contribution in [3.8, 4) is 0 Å². The number of hydrogen-bond donors (Lipinski definition) is 3. The van der Waals surface area contributed by atoms with Crippen molar-refractivity contribution in [2.45, 2.75) is 25.8 Å². The average molecular weight is 435 g/mol. The molecular formula is C23H26N6O3. The van der Waals surface area contributed by atoms with Crippen LogP contribution in [0.1, 0.15) is 46.5 Å². The number of urea groups is 1. The fourth-order valence-electron chi connectivity index (χ4n) is 3.84. The van der Waals surface area contributed by atoms with E-state index in [1.165, 1.54) is 7.11 Å². The van der Waals surface area contributed by atoms with Gasteiger partial charge in [0, 0.05) is 13.1 Å². The molecule has 3 N–H and O–H groups in total. The van der Waals surface area contributed by atoms with E-state index < -0.39 is 18.0 Å². The van der Waals surface area contributed by atoms with E-state index in [1.807, 2.05) is 36.4 Å². The zero-order chi connectivity index (χ0) is 22.5. The molecule has 2 amide bonds. The summed E-state index contributed by atoms with van der Waals surface area (Å²) in [6, 6.07) is 13.8. The minimum atomic E-state index is -0.542. The van der Waals surface area contributed by atoms with Crippen LogP contribution < -0.4 is 15.5 Å². The van der Waals surface area contributed by atoms with Crippen molar-refractivity contribution < 1.29 is 14.3 Å². The predicted molar refractivity (Wildman–Crippen MR) is 121 cm³/mol. The van der Waals surface area contributed by atoms with Gasteiger partial charge in [0.05, 0.1) is 24.0 Å². The lowest BCUT2D eigenvalue weighted by Gasteiger charge is -2.23. The number of aromatic nitrogens is 3. The van der Waals surface area contributed by atoms with Gasteiger partial charge >= 0.3 is 12.0 Å². The molecule has 0 aliphatic carbocycles. The first-order chi connectivity index (χ1) is 15.5. The Labute approximate surface area is 186 Å². The number of aryl methyl sites for hydroxylation is 1. The number of benzene rings is 2. The molecule has 0 saturated carbocycles. The van der Waals surface area contributed by atoms with Gasteiger partial charge in [-0.1, -0.05) is 30.3 Å². The molecule has 1 aromatic heterocycles. The highest BCUT2D eigenvalue weighted by Crippen LogP contribution is 2.30. The van der Waals surface area contributed by atoms with Crippen LogP contribution >= 0.6 is 0 Å². The number of anilines is 2. The summed E-state index contributed by atoms with van der Waals surface area (Å²) in [5.41, 5.74) is 2.64. The Bertz CT molecular complexity index is 1090. The monoisotopic (exact) mass is 434 g/mol. The molecule has 1 unspecified atom stereocenters. The molecule has 166 valence electrons. The maximum Gasteiger partial charge on any atom is 0.337 e. The van der Waals surface area contributed by atoms with Gasteiger partial charge in [0.15, 0.2) is 5.82 Å². The summed E-state index contributed by atoms with van der Waals surface area (Å²) in [5.74, 6) is 0.664. The lowest BCUT2D eigenvalue weighted by molar-refractivity contribution is 0.0600. The number of amides is 2. The Morgan fingerprint density at radius 1 is 1.12 bits per heavy atom. The van der Waals surface area contributed by atoms with Crippen LogP contribution in [0.3, 0.4) is 0 Å². The standard InChI is InChI=1S/C23H26N6O3/c1-15-24-21(28-27-15)20(16-8-4-3-5-9-16)26-23(31)25-18-14-17(22(30)32-2)10-11-19(18)29-12-6-7-13-29/h3-5,8-11,14,20H,6-7,12-13H2,1-2H3,(H,24,27,28)(H2,25,26,31). The number of nitrogens with one attached hydrogen (secondary N) is 3. The number of aromatic amines is 1. The van der Waals surface area contributed by atoms with E-state index in [1.54, 1.807) is 19.1 Å². The van der Waals surface area contributed by atoms with Gasteiger partial charge in [0.25, 0.3) is 0 Å². The van der Waals surface area contributed by atoms with Gasteiger partial charge in [0.2, 0.25) is 0 Å². The zero-order valence-electron chi connectivity index (χ0n) is 18.1. The van der Waals surface area contributed by atoms with E-state index in [0.29, 0.717) is 22.9 Å². The number of ether oxygens (including phenoxy) is 1. The van der Waals surface area contributed by atoms with Gasteiger partial charge in [-0.05, 0) is 43.5 Å². The molecule has 2 heterocycles. The van der Waals surface area contributed by atoms with Gasteiger partial charge in [-0.25, -0.2) is 14.6 Å². The third kappa shape index (κ3) is 4.72. The summed E-state index contributed by atoms with van der Waals surface area (Å²) < 4.78 is 4.84. The van der Waals surface area contributed by atoms with Crippen molar-refractivity contribution in [3.63, 3.8) is 0 Å². The molecule has 1 saturated heterocycles. The van der Waals surface area contributed by atoms with E-state index >= 15 is 0 Å². The highest BCUT2D eigenvalue weighted by atomic mass is 16.5. The summed E-state index contributed by atoms with van der Waals surface area (Å²) in [4.78, 5) is 31.7. The summed E-state index contributed by atoms with van der Waals surface area (Å²) in [6.45, 7) is 3.60. The van der Waals surface area contributed by atoms with E-state index in [0.717, 1.165) is 37.2 Å². The van der Waals surface area contributed by atoms with Gasteiger partial charge in [-0.3, -0.25) is 5.10 Å². The molecule has 1 fully saturated rings. The number of nitrogens with zero attached hydrogens (tertiary/aromatic N) is 3. The van der Waals surface area contributed by atoms with Crippen LogP contribution in [0.5, 0.6) is 0 Å². The van der Waals surface area contributed by atoms with E-state index in [9.17, 15) is 9.59 Å². The Morgan fingerprint density at radius 3 is 2.53 bits per heavy atom. The van der Waals surface area contributed by atoms with E-state index in [-0.39, 0.29) is 0 Å². The van der Waals surface area contributed by atoms with Crippen LogP contribution in [0, 0.1) is 6.92 Å². The topological polar surface area (TPSA) is 112 Å². The fourth-order valence-corrected chi connectivity index (χ4v) is 3.84. The first kappa shape index (κ1) is 21.4.